The number of fused-ring (bicyclic) bond motifs is 2. The molecule has 0 aliphatic heterocycles. The average molecular weight is 581 g/mol. The Labute approximate surface area is 252 Å². The van der Waals surface area contributed by atoms with Gasteiger partial charge in [-0.2, -0.15) is 0 Å². The van der Waals surface area contributed by atoms with Crippen LogP contribution in [0.2, 0.25) is 0 Å². The molecule has 0 aliphatic rings. The molecule has 1 unspecified atom stereocenters. The number of imidazole rings is 2. The van der Waals surface area contributed by atoms with Crippen LogP contribution in [0.25, 0.3) is 22.5 Å². The van der Waals surface area contributed by atoms with Gasteiger partial charge in [-0.15, -0.1) is 0 Å². The zero-order chi connectivity index (χ0) is 30.1. The van der Waals surface area contributed by atoms with Crippen molar-refractivity contribution in [1.82, 2.24) is 29.2 Å². The highest BCUT2D eigenvalue weighted by atomic mass is 16.4. The molecule has 7 aromatic rings. The quantitative estimate of drug-likeness (QED) is 0.208. The zero-order valence-electron chi connectivity index (χ0n) is 23.5. The number of pyridine rings is 2. The highest BCUT2D eigenvalue weighted by Gasteiger charge is 2.40. The van der Waals surface area contributed by atoms with Crippen molar-refractivity contribution in [2.75, 3.05) is 0 Å². The summed E-state index contributed by atoms with van der Waals surface area (Å²) in [5, 5.41) is 14.3. The van der Waals surface area contributed by atoms with Crippen molar-refractivity contribution < 1.29 is 9.90 Å². The van der Waals surface area contributed by atoms with Crippen molar-refractivity contribution in [3.05, 3.63) is 167 Å². The molecule has 1 atom stereocenters. The van der Waals surface area contributed by atoms with E-state index in [0.717, 1.165) is 16.7 Å². The van der Waals surface area contributed by atoms with Gasteiger partial charge in [0.2, 0.25) is 0 Å². The van der Waals surface area contributed by atoms with Gasteiger partial charge in [0.05, 0.1) is 16.7 Å². The molecule has 0 fully saturated rings. The molecule has 4 aromatic heterocycles. The lowest BCUT2D eigenvalue weighted by atomic mass is 9.76. The summed E-state index contributed by atoms with van der Waals surface area (Å²) in [5.74, 6) is -0.994. The van der Waals surface area contributed by atoms with Crippen LogP contribution in [0.1, 0.15) is 22.4 Å². The number of H-pyrrole nitrogens is 1. The molecule has 9 nitrogen and oxygen atoms in total. The van der Waals surface area contributed by atoms with E-state index < -0.39 is 17.6 Å². The number of carbonyl (C=O) groups is 1. The Hall–Kier alpha value is -5.80. The lowest BCUT2D eigenvalue weighted by Crippen LogP contribution is -2.53. The van der Waals surface area contributed by atoms with Crippen LogP contribution in [0.15, 0.2) is 139 Å². The summed E-state index contributed by atoms with van der Waals surface area (Å²) >= 11 is 0. The average Bonchev–Trinajstić information content (AvgIpc) is 3.69. The number of rotatable bonds is 9. The summed E-state index contributed by atoms with van der Waals surface area (Å²) in [6.07, 6.45) is 5.18. The number of aliphatic carboxylic acids is 1. The number of nitrogens with zero attached hydrogens (tertiary/aromatic N) is 4. The lowest BCUT2D eigenvalue weighted by molar-refractivity contribution is -0.139. The molecule has 4 heterocycles. The maximum atomic E-state index is 13.0. The fraction of sp³-hybridized carbons (Fsp3) is 0.0857. The second-order valence-electron chi connectivity index (χ2n) is 10.6. The number of hydrogen-bond donors (Lipinski definition) is 3. The zero-order valence-corrected chi connectivity index (χ0v) is 23.5. The topological polar surface area (TPSA) is 117 Å². The third kappa shape index (κ3) is 4.56. The molecule has 3 N–H and O–H groups in total. The maximum absolute atomic E-state index is 13.0. The summed E-state index contributed by atoms with van der Waals surface area (Å²) in [5.41, 5.74) is 4.31. The van der Waals surface area contributed by atoms with Gasteiger partial charge in [-0.3, -0.25) is 10.1 Å². The van der Waals surface area contributed by atoms with Crippen LogP contribution in [-0.2, 0) is 16.8 Å². The fourth-order valence-electron chi connectivity index (χ4n) is 6.04. The van der Waals surface area contributed by atoms with Gasteiger partial charge < -0.3 is 14.5 Å². The van der Waals surface area contributed by atoms with Gasteiger partial charge in [-0.1, -0.05) is 91.0 Å². The number of carboxylic acids is 1. The predicted molar refractivity (Wildman–Crippen MR) is 168 cm³/mol. The van der Waals surface area contributed by atoms with E-state index in [1.54, 1.807) is 36.8 Å². The molecule has 0 radical (unpaired) electrons. The molecule has 216 valence electrons. The molecule has 44 heavy (non-hydrogen) atoms. The molecule has 0 bridgehead atoms. The first kappa shape index (κ1) is 27.1. The molecule has 0 saturated heterocycles. The van der Waals surface area contributed by atoms with Gasteiger partial charge in [-0.05, 0) is 41.0 Å². The van der Waals surface area contributed by atoms with Crippen LogP contribution in [-0.4, -0.2) is 41.0 Å². The van der Waals surface area contributed by atoms with E-state index in [0.29, 0.717) is 28.2 Å². The molecule has 0 saturated carbocycles. The minimum absolute atomic E-state index is 0.137. The van der Waals surface area contributed by atoms with Crippen LogP contribution in [0.3, 0.4) is 0 Å². The van der Waals surface area contributed by atoms with Crippen molar-refractivity contribution in [3.8, 4) is 5.69 Å². The SMILES string of the molecule is O=C(O)C(Cc1ccc(-n2c(=O)[nH]c3cccnc32)c2nccn12)NC(c1ccccc1)(c1ccccc1)c1ccccc1. The summed E-state index contributed by atoms with van der Waals surface area (Å²) < 4.78 is 3.32. The van der Waals surface area contributed by atoms with E-state index in [1.807, 2.05) is 101 Å². The standard InChI is InChI=1S/C35H28N6O3/c42-33(43)29(39-35(24-11-4-1-5-12-24,25-13-6-2-7-14-25)26-15-8-3-9-16-26)23-27-18-19-30(32-37-21-22-40(27)32)41-31-28(38-34(41)44)17-10-20-36-31/h1-22,29,39H,23H2,(H,38,44)(H,42,43). The number of hydrogen-bond acceptors (Lipinski definition) is 5. The number of nitrogens with one attached hydrogen (secondary N) is 2. The van der Waals surface area contributed by atoms with Crippen molar-refractivity contribution >= 4 is 22.8 Å². The summed E-state index contributed by atoms with van der Waals surface area (Å²) in [6.45, 7) is 0. The van der Waals surface area contributed by atoms with Gasteiger partial charge in [0.15, 0.2) is 11.3 Å². The Kier molecular flexibility index (Phi) is 6.84. The summed E-state index contributed by atoms with van der Waals surface area (Å²) in [6, 6.07) is 35.9. The fourth-order valence-corrected chi connectivity index (χ4v) is 6.04. The molecule has 0 aliphatic carbocycles. The Morgan fingerprint density at radius 2 is 1.36 bits per heavy atom. The first-order chi connectivity index (χ1) is 21.6. The Balaban J connectivity index is 1.35. The minimum Gasteiger partial charge on any atom is -0.480 e. The third-order valence-corrected chi connectivity index (χ3v) is 8.02. The number of carboxylic acid groups (broad SMARTS) is 1. The first-order valence-electron chi connectivity index (χ1n) is 14.2. The monoisotopic (exact) mass is 580 g/mol. The van der Waals surface area contributed by atoms with E-state index in [2.05, 4.69) is 20.3 Å². The van der Waals surface area contributed by atoms with Crippen molar-refractivity contribution in [2.45, 2.75) is 18.0 Å². The number of aromatic amines is 1. The molecular formula is C35H28N6O3. The normalized spacial score (nSPS) is 12.5. The molecule has 7 rings (SSSR count). The van der Waals surface area contributed by atoms with Gasteiger partial charge in [0, 0.05) is 30.7 Å². The van der Waals surface area contributed by atoms with E-state index in [4.69, 9.17) is 0 Å². The van der Waals surface area contributed by atoms with Gasteiger partial charge >= 0.3 is 11.7 Å². The van der Waals surface area contributed by atoms with Gasteiger partial charge in [0.25, 0.3) is 0 Å². The third-order valence-electron chi connectivity index (χ3n) is 8.02. The molecule has 0 spiro atoms. The number of aromatic nitrogens is 5. The van der Waals surface area contributed by atoms with Gasteiger partial charge in [-0.25, -0.2) is 19.3 Å². The van der Waals surface area contributed by atoms with Crippen LogP contribution in [0.4, 0.5) is 0 Å². The minimum atomic E-state index is -1.01. The van der Waals surface area contributed by atoms with E-state index >= 15 is 0 Å². The summed E-state index contributed by atoms with van der Waals surface area (Å²) in [4.78, 5) is 37.8. The van der Waals surface area contributed by atoms with Crippen LogP contribution in [0.5, 0.6) is 0 Å². The second kappa shape index (κ2) is 11.1. The van der Waals surface area contributed by atoms with E-state index in [9.17, 15) is 14.7 Å². The Bertz CT molecular complexity index is 2040. The molecular weight excluding hydrogens is 552 g/mol. The number of benzene rings is 3. The Morgan fingerprint density at radius 3 is 1.95 bits per heavy atom. The predicted octanol–water partition coefficient (Wildman–Crippen LogP) is 4.94. The highest BCUT2D eigenvalue weighted by molar-refractivity contribution is 5.76. The van der Waals surface area contributed by atoms with Crippen LogP contribution >= 0.6 is 0 Å². The van der Waals surface area contributed by atoms with Crippen molar-refractivity contribution in [2.24, 2.45) is 0 Å². The van der Waals surface area contributed by atoms with Crippen LogP contribution in [0, 0.1) is 0 Å². The molecule has 9 heteroatoms. The summed E-state index contributed by atoms with van der Waals surface area (Å²) in [7, 11) is 0. The maximum Gasteiger partial charge on any atom is 0.332 e. The van der Waals surface area contributed by atoms with Crippen LogP contribution < -0.4 is 11.0 Å². The Morgan fingerprint density at radius 1 is 0.773 bits per heavy atom. The molecule has 3 aromatic carbocycles. The van der Waals surface area contributed by atoms with Crippen molar-refractivity contribution in [1.29, 1.82) is 0 Å². The van der Waals surface area contributed by atoms with Crippen molar-refractivity contribution in [3.63, 3.8) is 0 Å². The molecule has 0 amide bonds. The lowest BCUT2D eigenvalue weighted by Gasteiger charge is -2.39. The van der Waals surface area contributed by atoms with Gasteiger partial charge in [0.1, 0.15) is 6.04 Å². The smallest absolute Gasteiger partial charge is 0.332 e. The largest absolute Gasteiger partial charge is 0.480 e. The first-order valence-corrected chi connectivity index (χ1v) is 14.2. The second-order valence-corrected chi connectivity index (χ2v) is 10.6. The highest BCUT2D eigenvalue weighted by Crippen LogP contribution is 2.37. The van der Waals surface area contributed by atoms with E-state index in [-0.39, 0.29) is 12.1 Å². The van der Waals surface area contributed by atoms with E-state index in [1.165, 1.54) is 4.57 Å².